The van der Waals surface area contributed by atoms with E-state index < -0.39 is 5.97 Å². The van der Waals surface area contributed by atoms with Crippen molar-refractivity contribution in [2.75, 3.05) is 14.2 Å². The van der Waals surface area contributed by atoms with Gasteiger partial charge in [0.2, 0.25) is 0 Å². The van der Waals surface area contributed by atoms with Crippen LogP contribution in [-0.2, 0) is 11.3 Å². The van der Waals surface area contributed by atoms with Crippen LogP contribution in [0.1, 0.15) is 15.4 Å². The lowest BCUT2D eigenvalue weighted by molar-refractivity contribution is -0.666. The molecule has 0 saturated carbocycles. The lowest BCUT2D eigenvalue weighted by atomic mass is 10.4. The number of methoxy groups -OCH3 is 2. The zero-order chi connectivity index (χ0) is 15.7. The number of fused-ring (bicyclic) bond motifs is 1. The molecule has 0 radical (unpaired) electrons. The Morgan fingerprint density at radius 1 is 1.45 bits per heavy atom. The number of carbonyl (C=O) groups excluding carboxylic acids is 1. The number of thiazole rings is 1. The van der Waals surface area contributed by atoms with Crippen LogP contribution in [0, 0.1) is 0 Å². The number of rotatable bonds is 4. The summed E-state index contributed by atoms with van der Waals surface area (Å²) in [5.74, 6) is -0.0262. The van der Waals surface area contributed by atoms with Crippen LogP contribution in [0.2, 0.25) is 4.47 Å². The van der Waals surface area contributed by atoms with Crippen molar-refractivity contribution in [3.8, 4) is 5.88 Å². The lowest BCUT2D eigenvalue weighted by Gasteiger charge is -2.00. The Balaban J connectivity index is 2.21. The number of hydrogen-bond donors (Lipinski definition) is 0. The van der Waals surface area contributed by atoms with Crippen LogP contribution < -0.4 is 9.30 Å². The fourth-order valence-electron chi connectivity index (χ4n) is 2.33. The molecule has 22 heavy (non-hydrogen) atoms. The molecular weight excluding hydrogens is 326 g/mol. The molecule has 0 saturated heterocycles. The zero-order valence-corrected chi connectivity index (χ0v) is 13.5. The Hall–Kier alpha value is -2.12. The molecule has 0 bridgehead atoms. The van der Waals surface area contributed by atoms with Gasteiger partial charge in [-0.25, -0.2) is 9.78 Å². The van der Waals surface area contributed by atoms with Crippen molar-refractivity contribution in [3.63, 3.8) is 0 Å². The second kappa shape index (κ2) is 5.94. The van der Waals surface area contributed by atoms with E-state index in [2.05, 4.69) is 4.98 Å². The molecule has 0 aliphatic carbocycles. The second-order valence-corrected chi connectivity index (χ2v) is 6.14. The van der Waals surface area contributed by atoms with Gasteiger partial charge in [0.05, 0.1) is 25.3 Å². The van der Waals surface area contributed by atoms with Gasteiger partial charge in [-0.2, -0.15) is 8.97 Å². The summed E-state index contributed by atoms with van der Waals surface area (Å²) in [6, 6.07) is 5.64. The monoisotopic (exact) mass is 338 g/mol. The molecule has 3 aromatic rings. The van der Waals surface area contributed by atoms with Crippen LogP contribution in [0.3, 0.4) is 0 Å². The summed E-state index contributed by atoms with van der Waals surface area (Å²) >= 11 is 7.27. The number of pyridine rings is 1. The smallest absolute Gasteiger partial charge is 0.386 e. The van der Waals surface area contributed by atoms with Crippen LogP contribution in [0.5, 0.6) is 5.88 Å². The van der Waals surface area contributed by atoms with Crippen LogP contribution >= 0.6 is 22.9 Å². The fourth-order valence-corrected chi connectivity index (χ4v) is 3.30. The standard InChI is InChI=1S/C14H13ClN3O3S/c1-20-12-11(13(19)21-2)17-6-4-3-5-10(17)18(12)8-9-7-16-14(15)22-9/h3-7H,8H2,1-2H3/q+1. The molecule has 0 N–H and O–H groups in total. The van der Waals surface area contributed by atoms with Crippen molar-refractivity contribution in [2.45, 2.75) is 6.54 Å². The molecule has 0 aliphatic rings. The molecule has 3 heterocycles. The van der Waals surface area contributed by atoms with Crippen molar-refractivity contribution in [1.82, 2.24) is 9.38 Å². The minimum atomic E-state index is -0.459. The zero-order valence-electron chi connectivity index (χ0n) is 11.9. The Labute approximate surface area is 135 Å². The molecule has 3 rings (SSSR count). The number of halogens is 1. The predicted octanol–water partition coefficient (Wildman–Crippen LogP) is 2.18. The van der Waals surface area contributed by atoms with E-state index in [9.17, 15) is 4.79 Å². The van der Waals surface area contributed by atoms with Gasteiger partial charge in [-0.15, -0.1) is 11.3 Å². The fraction of sp³-hybridized carbons (Fsp3) is 0.214. The van der Waals surface area contributed by atoms with Gasteiger partial charge in [0.25, 0.3) is 5.65 Å². The summed E-state index contributed by atoms with van der Waals surface area (Å²) in [7, 11) is 2.87. The van der Waals surface area contributed by atoms with Crippen LogP contribution in [-0.4, -0.2) is 29.6 Å². The average Bonchev–Trinajstić information content (AvgIpc) is 3.08. The number of esters is 1. The minimum absolute atomic E-state index is 0.344. The van der Waals surface area contributed by atoms with Crippen molar-refractivity contribution in [2.24, 2.45) is 0 Å². The van der Waals surface area contributed by atoms with E-state index in [0.29, 0.717) is 22.6 Å². The van der Waals surface area contributed by atoms with E-state index >= 15 is 0 Å². The maximum Gasteiger partial charge on any atom is 0.386 e. The lowest BCUT2D eigenvalue weighted by Crippen LogP contribution is -2.35. The number of nitrogens with zero attached hydrogens (tertiary/aromatic N) is 3. The first-order valence-corrected chi connectivity index (χ1v) is 7.60. The number of hydrogen-bond acceptors (Lipinski definition) is 5. The Bertz CT molecular complexity index is 843. The molecule has 3 aromatic heterocycles. The third-order valence-corrected chi connectivity index (χ3v) is 4.31. The topological polar surface area (TPSA) is 56.7 Å². The highest BCUT2D eigenvalue weighted by Gasteiger charge is 2.32. The summed E-state index contributed by atoms with van der Waals surface area (Å²) in [5.41, 5.74) is 1.15. The van der Waals surface area contributed by atoms with Crippen molar-refractivity contribution >= 4 is 34.6 Å². The first-order chi connectivity index (χ1) is 10.7. The average molecular weight is 339 g/mol. The maximum absolute atomic E-state index is 12.1. The van der Waals surface area contributed by atoms with Gasteiger partial charge in [0, 0.05) is 12.3 Å². The van der Waals surface area contributed by atoms with Crippen molar-refractivity contribution in [1.29, 1.82) is 0 Å². The molecule has 0 unspecified atom stereocenters. The molecule has 0 amide bonds. The van der Waals surface area contributed by atoms with E-state index in [-0.39, 0.29) is 0 Å². The van der Waals surface area contributed by atoms with Gasteiger partial charge < -0.3 is 9.47 Å². The van der Waals surface area contributed by atoms with E-state index in [1.807, 2.05) is 22.8 Å². The van der Waals surface area contributed by atoms with E-state index in [4.69, 9.17) is 21.1 Å². The predicted molar refractivity (Wildman–Crippen MR) is 81.7 cm³/mol. The molecule has 114 valence electrons. The Morgan fingerprint density at radius 3 is 2.91 bits per heavy atom. The third-order valence-electron chi connectivity index (χ3n) is 3.21. The Kier molecular flexibility index (Phi) is 4.00. The molecule has 0 spiro atoms. The summed E-state index contributed by atoms with van der Waals surface area (Å²) in [4.78, 5) is 17.1. The van der Waals surface area contributed by atoms with Crippen molar-refractivity contribution in [3.05, 3.63) is 45.6 Å². The highest BCUT2D eigenvalue weighted by atomic mass is 35.5. The molecule has 8 heteroatoms. The van der Waals surface area contributed by atoms with Gasteiger partial charge in [-0.1, -0.05) is 17.7 Å². The molecule has 0 aliphatic heterocycles. The molecule has 0 aromatic carbocycles. The van der Waals surface area contributed by atoms with Gasteiger partial charge in [0.15, 0.2) is 4.47 Å². The molecule has 0 fully saturated rings. The van der Waals surface area contributed by atoms with Gasteiger partial charge in [-0.3, -0.25) is 0 Å². The number of aromatic nitrogens is 3. The first-order valence-electron chi connectivity index (χ1n) is 6.41. The largest absolute Gasteiger partial charge is 0.463 e. The SMILES string of the molecule is COC(=O)c1c(OC)[n+](Cc2cnc(Cl)s2)c2ccccn12. The van der Waals surface area contributed by atoms with Crippen LogP contribution in [0.25, 0.3) is 5.65 Å². The summed E-state index contributed by atoms with van der Waals surface area (Å²) in [5, 5.41) is 0. The minimum Gasteiger partial charge on any atom is -0.463 e. The van der Waals surface area contributed by atoms with E-state index in [1.165, 1.54) is 25.6 Å². The summed E-state index contributed by atoms with van der Waals surface area (Å²) < 4.78 is 14.4. The molecule has 0 atom stereocenters. The van der Waals surface area contributed by atoms with E-state index in [1.54, 1.807) is 16.8 Å². The number of ether oxygens (including phenoxy) is 2. The van der Waals surface area contributed by atoms with Crippen LogP contribution in [0.4, 0.5) is 0 Å². The maximum atomic E-state index is 12.1. The van der Waals surface area contributed by atoms with Gasteiger partial charge in [-0.05, 0) is 6.07 Å². The summed E-state index contributed by atoms with van der Waals surface area (Å²) in [6.07, 6.45) is 3.50. The highest BCUT2D eigenvalue weighted by molar-refractivity contribution is 7.15. The quantitative estimate of drug-likeness (QED) is 0.540. The Morgan fingerprint density at radius 2 is 2.27 bits per heavy atom. The number of imidazole rings is 1. The summed E-state index contributed by atoms with van der Waals surface area (Å²) in [6.45, 7) is 0.498. The molecule has 6 nitrogen and oxygen atoms in total. The highest BCUT2D eigenvalue weighted by Crippen LogP contribution is 2.22. The molecular formula is C14H13ClN3O3S+. The third kappa shape index (κ3) is 2.42. The normalized spacial score (nSPS) is 10.9. The van der Waals surface area contributed by atoms with Gasteiger partial charge in [0.1, 0.15) is 6.54 Å². The van der Waals surface area contributed by atoms with E-state index in [0.717, 1.165) is 10.5 Å². The van der Waals surface area contributed by atoms with Crippen LogP contribution in [0.15, 0.2) is 30.6 Å². The van der Waals surface area contributed by atoms with Crippen molar-refractivity contribution < 1.29 is 18.8 Å². The van der Waals surface area contributed by atoms with Gasteiger partial charge >= 0.3 is 17.5 Å². The second-order valence-electron chi connectivity index (χ2n) is 4.44. The first kappa shape index (κ1) is 14.8. The number of carbonyl (C=O) groups is 1.